The average Bonchev–Trinajstić information content (AvgIpc) is 2.28. The minimum atomic E-state index is -2.47. The van der Waals surface area contributed by atoms with Crippen LogP contribution in [0.1, 0.15) is 17.2 Å². The molecule has 17 heavy (non-hydrogen) atoms. The van der Waals surface area contributed by atoms with Gasteiger partial charge in [0, 0.05) is 5.56 Å². The summed E-state index contributed by atoms with van der Waals surface area (Å²) < 4.78 is 33.8. The Morgan fingerprint density at radius 3 is 2.59 bits per heavy atom. The molecule has 1 unspecified atom stereocenters. The van der Waals surface area contributed by atoms with Gasteiger partial charge in [0.2, 0.25) is 0 Å². The Balaban J connectivity index is 2.66. The number of aryl methyl sites for hydroxylation is 1. The van der Waals surface area contributed by atoms with Crippen molar-refractivity contribution < 1.29 is 18.3 Å². The number of nitrogens with two attached hydrogens (primary N) is 1. The molecule has 1 aromatic carbocycles. The van der Waals surface area contributed by atoms with Crippen LogP contribution < -0.4 is 10.5 Å². The Morgan fingerprint density at radius 1 is 1.29 bits per heavy atom. The largest absolute Gasteiger partial charge is 0.496 e. The van der Waals surface area contributed by atoms with Crippen molar-refractivity contribution in [2.75, 3.05) is 20.3 Å². The van der Waals surface area contributed by atoms with Gasteiger partial charge >= 0.3 is 0 Å². The monoisotopic (exact) mass is 245 g/mol. The first-order chi connectivity index (χ1) is 8.04. The van der Waals surface area contributed by atoms with Crippen molar-refractivity contribution in [1.29, 1.82) is 0 Å². The summed E-state index contributed by atoms with van der Waals surface area (Å²) in [5.41, 5.74) is 7.67. The van der Waals surface area contributed by atoms with Crippen LogP contribution in [0.25, 0.3) is 0 Å². The summed E-state index contributed by atoms with van der Waals surface area (Å²) in [4.78, 5) is 0. The third-order valence-corrected chi connectivity index (χ3v) is 2.33. The van der Waals surface area contributed by atoms with E-state index in [1.54, 1.807) is 13.2 Å². The summed E-state index contributed by atoms with van der Waals surface area (Å²) in [7, 11) is 1.54. The van der Waals surface area contributed by atoms with Crippen LogP contribution in [-0.4, -0.2) is 26.7 Å². The molecule has 2 N–H and O–H groups in total. The lowest BCUT2D eigenvalue weighted by atomic mass is 10.0. The van der Waals surface area contributed by atoms with Crippen molar-refractivity contribution >= 4 is 0 Å². The van der Waals surface area contributed by atoms with E-state index in [4.69, 9.17) is 15.2 Å². The van der Waals surface area contributed by atoms with E-state index in [1.807, 2.05) is 19.1 Å². The molecule has 1 rings (SSSR count). The van der Waals surface area contributed by atoms with E-state index in [9.17, 15) is 8.78 Å². The van der Waals surface area contributed by atoms with E-state index in [1.165, 1.54) is 0 Å². The molecule has 0 aliphatic carbocycles. The fraction of sp³-hybridized carbons (Fsp3) is 0.500. The Hall–Kier alpha value is -1.20. The third-order valence-electron chi connectivity index (χ3n) is 2.33. The maximum Gasteiger partial charge on any atom is 0.261 e. The molecule has 0 aromatic heterocycles. The molecule has 0 aliphatic heterocycles. The number of hydrogen-bond acceptors (Lipinski definition) is 3. The van der Waals surface area contributed by atoms with E-state index in [0.29, 0.717) is 5.75 Å². The first-order valence-electron chi connectivity index (χ1n) is 5.30. The minimum Gasteiger partial charge on any atom is -0.496 e. The molecule has 0 saturated heterocycles. The first-order valence-corrected chi connectivity index (χ1v) is 5.30. The minimum absolute atomic E-state index is 0.0458. The predicted molar refractivity (Wildman–Crippen MR) is 61.5 cm³/mol. The standard InChI is InChI=1S/C12H17F2NO2/c1-8-3-4-11(16-2)9(5-8)10(15)6-17-7-12(13)14/h3-5,10,12H,6-7,15H2,1-2H3. The zero-order valence-corrected chi connectivity index (χ0v) is 9.95. The van der Waals surface area contributed by atoms with Crippen LogP contribution in [0, 0.1) is 6.92 Å². The van der Waals surface area contributed by atoms with Crippen molar-refractivity contribution in [2.24, 2.45) is 5.73 Å². The van der Waals surface area contributed by atoms with Gasteiger partial charge in [-0.3, -0.25) is 0 Å². The van der Waals surface area contributed by atoms with Gasteiger partial charge in [0.1, 0.15) is 12.4 Å². The molecule has 0 amide bonds. The van der Waals surface area contributed by atoms with Gasteiger partial charge in [0.15, 0.2) is 0 Å². The van der Waals surface area contributed by atoms with E-state index >= 15 is 0 Å². The van der Waals surface area contributed by atoms with Gasteiger partial charge in [0.25, 0.3) is 6.43 Å². The summed E-state index contributed by atoms with van der Waals surface area (Å²) >= 11 is 0. The van der Waals surface area contributed by atoms with Crippen molar-refractivity contribution in [3.05, 3.63) is 29.3 Å². The van der Waals surface area contributed by atoms with Crippen LogP contribution in [0.3, 0.4) is 0 Å². The van der Waals surface area contributed by atoms with Crippen molar-refractivity contribution in [3.63, 3.8) is 0 Å². The van der Waals surface area contributed by atoms with Crippen molar-refractivity contribution in [1.82, 2.24) is 0 Å². The summed E-state index contributed by atoms with van der Waals surface area (Å²) in [5.74, 6) is 0.642. The van der Waals surface area contributed by atoms with Crippen LogP contribution >= 0.6 is 0 Å². The third kappa shape index (κ3) is 4.28. The molecule has 0 heterocycles. The van der Waals surface area contributed by atoms with E-state index < -0.39 is 19.1 Å². The Labute approximate surface area is 99.5 Å². The lowest BCUT2D eigenvalue weighted by molar-refractivity contribution is 0.0124. The fourth-order valence-corrected chi connectivity index (χ4v) is 1.52. The molecule has 1 aromatic rings. The topological polar surface area (TPSA) is 44.5 Å². The van der Waals surface area contributed by atoms with Gasteiger partial charge in [-0.2, -0.15) is 0 Å². The average molecular weight is 245 g/mol. The van der Waals surface area contributed by atoms with E-state index in [0.717, 1.165) is 11.1 Å². The van der Waals surface area contributed by atoms with Crippen LogP contribution in [0.15, 0.2) is 18.2 Å². The second-order valence-electron chi connectivity index (χ2n) is 3.78. The van der Waals surface area contributed by atoms with Gasteiger partial charge < -0.3 is 15.2 Å². The lowest BCUT2D eigenvalue weighted by Gasteiger charge is -2.16. The molecule has 0 spiro atoms. The van der Waals surface area contributed by atoms with Gasteiger partial charge in [-0.05, 0) is 13.0 Å². The van der Waals surface area contributed by atoms with Crippen LogP contribution in [0.2, 0.25) is 0 Å². The summed E-state index contributed by atoms with van der Waals surface area (Å²) in [6, 6.07) is 5.10. The van der Waals surface area contributed by atoms with Crippen molar-refractivity contribution in [3.8, 4) is 5.75 Å². The number of benzene rings is 1. The Morgan fingerprint density at radius 2 is 2.00 bits per heavy atom. The molecule has 0 bridgehead atoms. The van der Waals surface area contributed by atoms with Crippen LogP contribution in [0.5, 0.6) is 5.75 Å². The summed E-state index contributed by atoms with van der Waals surface area (Å²) in [6.07, 6.45) is -2.47. The Kier molecular flexibility index (Phi) is 5.31. The van der Waals surface area contributed by atoms with Crippen molar-refractivity contribution in [2.45, 2.75) is 19.4 Å². The molecule has 96 valence electrons. The molecule has 0 aliphatic rings. The predicted octanol–water partition coefficient (Wildman–Crippen LogP) is 2.29. The van der Waals surface area contributed by atoms with Crippen LogP contribution in [0.4, 0.5) is 8.78 Å². The van der Waals surface area contributed by atoms with E-state index in [-0.39, 0.29) is 6.61 Å². The number of methoxy groups -OCH3 is 1. The van der Waals surface area contributed by atoms with Gasteiger partial charge in [-0.25, -0.2) is 8.78 Å². The molecule has 0 saturated carbocycles. The Bertz CT molecular complexity index is 358. The molecule has 0 radical (unpaired) electrons. The second kappa shape index (κ2) is 6.51. The number of ether oxygens (including phenoxy) is 2. The lowest BCUT2D eigenvalue weighted by Crippen LogP contribution is -2.20. The molecular formula is C12H17F2NO2. The molecule has 1 atom stereocenters. The summed E-state index contributed by atoms with van der Waals surface area (Å²) in [5, 5.41) is 0. The maximum atomic E-state index is 11.9. The smallest absolute Gasteiger partial charge is 0.261 e. The van der Waals surface area contributed by atoms with Gasteiger partial charge in [-0.1, -0.05) is 17.7 Å². The number of alkyl halides is 2. The second-order valence-corrected chi connectivity index (χ2v) is 3.78. The molecule has 0 fully saturated rings. The highest BCUT2D eigenvalue weighted by atomic mass is 19.3. The van der Waals surface area contributed by atoms with Gasteiger partial charge in [0.05, 0.1) is 19.8 Å². The maximum absolute atomic E-state index is 11.9. The molecular weight excluding hydrogens is 228 g/mol. The molecule has 3 nitrogen and oxygen atoms in total. The molecule has 5 heteroatoms. The quantitative estimate of drug-likeness (QED) is 0.836. The zero-order chi connectivity index (χ0) is 12.8. The normalized spacial score (nSPS) is 12.8. The number of halogens is 2. The zero-order valence-electron chi connectivity index (χ0n) is 9.95. The van der Waals surface area contributed by atoms with Gasteiger partial charge in [-0.15, -0.1) is 0 Å². The van der Waals surface area contributed by atoms with E-state index in [2.05, 4.69) is 0 Å². The number of rotatable bonds is 6. The first kappa shape index (κ1) is 13.9. The SMILES string of the molecule is COc1ccc(C)cc1C(N)COCC(F)F. The highest BCUT2D eigenvalue weighted by molar-refractivity contribution is 5.39. The summed E-state index contributed by atoms with van der Waals surface area (Å²) in [6.45, 7) is 1.38. The highest BCUT2D eigenvalue weighted by Crippen LogP contribution is 2.25. The fourth-order valence-electron chi connectivity index (χ4n) is 1.52. The highest BCUT2D eigenvalue weighted by Gasteiger charge is 2.13. The van der Waals surface area contributed by atoms with Crippen LogP contribution in [-0.2, 0) is 4.74 Å². The number of hydrogen-bond donors (Lipinski definition) is 1.